The molecule has 0 radical (unpaired) electrons. The maximum atomic E-state index is 9.15. The Morgan fingerprint density at radius 2 is 2.36 bits per heavy atom. The Kier molecular flexibility index (Phi) is 1.25. The second-order valence-corrected chi connectivity index (χ2v) is 2.51. The fourth-order valence-corrected chi connectivity index (χ4v) is 0.981. The van der Waals surface area contributed by atoms with Crippen molar-refractivity contribution in [3.05, 3.63) is 18.6 Å². The summed E-state index contributed by atoms with van der Waals surface area (Å²) in [5.41, 5.74) is 0. The van der Waals surface area contributed by atoms with Crippen LogP contribution in [0, 0.1) is 0 Å². The summed E-state index contributed by atoms with van der Waals surface area (Å²) in [5.74, 6) is 0.589. The van der Waals surface area contributed by atoms with Crippen LogP contribution in [0.4, 0.5) is 0 Å². The first kappa shape index (κ1) is 6.48. The topological polar surface area (TPSA) is 50.4 Å². The summed E-state index contributed by atoms with van der Waals surface area (Å²) in [6.45, 7) is 0. The Morgan fingerprint density at radius 1 is 1.55 bits per heavy atom. The van der Waals surface area contributed by atoms with Gasteiger partial charge < -0.3 is 5.11 Å². The maximum absolute atomic E-state index is 9.15. The molecule has 4 nitrogen and oxygen atoms in total. The summed E-state index contributed by atoms with van der Waals surface area (Å²) in [7, 11) is 0. The minimum Gasteiger partial charge on any atom is -0.504 e. The van der Waals surface area contributed by atoms with Gasteiger partial charge in [0.15, 0.2) is 5.75 Å². The predicted molar refractivity (Wildman–Crippen MR) is 41.9 cm³/mol. The van der Waals surface area contributed by atoms with Crippen molar-refractivity contribution in [1.29, 1.82) is 0 Å². The lowest BCUT2D eigenvalue weighted by Crippen LogP contribution is -1.88. The third kappa shape index (κ3) is 0.932. The normalized spacial score (nSPS) is 10.6. The Hall–Kier alpha value is -1.23. The van der Waals surface area contributed by atoms with Crippen LogP contribution in [0.2, 0.25) is 0 Å². The number of rotatable bonds is 0. The lowest BCUT2D eigenvalue weighted by atomic mass is 10.6. The first-order valence-corrected chi connectivity index (χ1v) is 3.44. The highest BCUT2D eigenvalue weighted by Crippen LogP contribution is 2.17. The summed E-state index contributed by atoms with van der Waals surface area (Å²) in [5, 5.41) is 9.44. The van der Waals surface area contributed by atoms with Crippen LogP contribution in [0.3, 0.4) is 0 Å². The second-order valence-electron chi connectivity index (χ2n) is 2.08. The van der Waals surface area contributed by atoms with Crippen LogP contribution < -0.4 is 0 Å². The summed E-state index contributed by atoms with van der Waals surface area (Å²) in [4.78, 5) is 7.81. The van der Waals surface area contributed by atoms with Gasteiger partial charge in [-0.3, -0.25) is 4.40 Å². The number of aromatic nitrogens is 3. The summed E-state index contributed by atoms with van der Waals surface area (Å²) >= 11 is 3.93. The summed E-state index contributed by atoms with van der Waals surface area (Å²) in [6.07, 6.45) is 4.82. The highest BCUT2D eigenvalue weighted by molar-refractivity contribution is 7.80. The maximum Gasteiger partial charge on any atom is 0.234 e. The highest BCUT2D eigenvalue weighted by Gasteiger charge is 2.00. The molecule has 2 rings (SSSR count). The number of hydrogen-bond acceptors (Lipinski definition) is 4. The van der Waals surface area contributed by atoms with Gasteiger partial charge in [-0.15, -0.1) is 12.6 Å². The molecule has 0 aliphatic heterocycles. The van der Waals surface area contributed by atoms with E-state index in [1.54, 1.807) is 16.8 Å². The number of imidazole rings is 1. The van der Waals surface area contributed by atoms with E-state index in [1.807, 2.05) is 0 Å². The van der Waals surface area contributed by atoms with Gasteiger partial charge >= 0.3 is 0 Å². The molecule has 0 spiro atoms. The van der Waals surface area contributed by atoms with Crippen LogP contribution >= 0.6 is 12.6 Å². The number of aromatic hydroxyl groups is 1. The molecule has 2 aromatic rings. The van der Waals surface area contributed by atoms with E-state index in [0.29, 0.717) is 10.8 Å². The van der Waals surface area contributed by atoms with E-state index >= 15 is 0 Å². The number of nitrogens with zero attached hydrogens (tertiary/aromatic N) is 3. The second kappa shape index (κ2) is 2.13. The molecule has 2 aromatic heterocycles. The van der Waals surface area contributed by atoms with Gasteiger partial charge in [0.05, 0.1) is 6.20 Å². The van der Waals surface area contributed by atoms with Crippen LogP contribution in [0.5, 0.6) is 5.75 Å². The summed E-state index contributed by atoms with van der Waals surface area (Å²) < 4.78 is 1.62. The standard InChI is InChI=1S/C6H5N3OS/c10-4-3-9-2-1-7-6(9)8-5(4)11/h1-3,10H,(H,7,8,11). The predicted octanol–water partition coefficient (Wildman–Crippen LogP) is 0.724. The zero-order valence-electron chi connectivity index (χ0n) is 5.47. The van der Waals surface area contributed by atoms with E-state index in [1.165, 1.54) is 6.20 Å². The Labute approximate surface area is 67.9 Å². The molecule has 5 heteroatoms. The molecule has 0 atom stereocenters. The molecule has 2 heterocycles. The third-order valence-electron chi connectivity index (χ3n) is 1.34. The Morgan fingerprint density at radius 3 is 3.18 bits per heavy atom. The SMILES string of the molecule is Oc1cn2ccnc2nc1S. The quantitative estimate of drug-likeness (QED) is 0.449. The molecule has 0 aliphatic carbocycles. The molecule has 56 valence electrons. The number of fused-ring (bicyclic) bond motifs is 1. The third-order valence-corrected chi connectivity index (χ3v) is 1.67. The van der Waals surface area contributed by atoms with Gasteiger partial charge in [0, 0.05) is 12.4 Å². The molecule has 0 bridgehead atoms. The number of hydrogen-bond donors (Lipinski definition) is 2. The zero-order valence-corrected chi connectivity index (χ0v) is 6.36. The number of thiol groups is 1. The molecule has 0 aliphatic rings. The fraction of sp³-hybridized carbons (Fsp3) is 0. The van der Waals surface area contributed by atoms with Crippen molar-refractivity contribution in [2.45, 2.75) is 5.03 Å². The monoisotopic (exact) mass is 167 g/mol. The van der Waals surface area contributed by atoms with Crippen molar-refractivity contribution in [3.8, 4) is 5.75 Å². The van der Waals surface area contributed by atoms with Crippen LogP contribution in [-0.2, 0) is 0 Å². The lowest BCUT2D eigenvalue weighted by Gasteiger charge is -1.96. The molecule has 0 amide bonds. The van der Waals surface area contributed by atoms with Crippen molar-refractivity contribution in [3.63, 3.8) is 0 Å². The van der Waals surface area contributed by atoms with Crippen LogP contribution in [0.25, 0.3) is 5.78 Å². The average Bonchev–Trinajstić information content (AvgIpc) is 2.36. The van der Waals surface area contributed by atoms with Crippen molar-refractivity contribution in [2.24, 2.45) is 0 Å². The average molecular weight is 167 g/mol. The molecule has 0 saturated carbocycles. The van der Waals surface area contributed by atoms with Crippen molar-refractivity contribution in [1.82, 2.24) is 14.4 Å². The van der Waals surface area contributed by atoms with E-state index < -0.39 is 0 Å². The molecule has 0 saturated heterocycles. The van der Waals surface area contributed by atoms with Crippen LogP contribution in [0.1, 0.15) is 0 Å². The van der Waals surface area contributed by atoms with Gasteiger partial charge in [0.1, 0.15) is 5.03 Å². The first-order chi connectivity index (χ1) is 5.27. The van der Waals surface area contributed by atoms with Crippen LogP contribution in [-0.4, -0.2) is 19.5 Å². The van der Waals surface area contributed by atoms with E-state index in [-0.39, 0.29) is 5.75 Å². The van der Waals surface area contributed by atoms with Gasteiger partial charge in [-0.1, -0.05) is 0 Å². The molecule has 0 fully saturated rings. The minimum atomic E-state index is 0.0545. The van der Waals surface area contributed by atoms with E-state index in [0.717, 1.165) is 0 Å². The van der Waals surface area contributed by atoms with Crippen molar-refractivity contribution >= 4 is 18.4 Å². The first-order valence-electron chi connectivity index (χ1n) is 2.99. The van der Waals surface area contributed by atoms with Gasteiger partial charge in [0.25, 0.3) is 0 Å². The molecular formula is C6H5N3OS. The van der Waals surface area contributed by atoms with E-state index in [2.05, 4.69) is 22.6 Å². The van der Waals surface area contributed by atoms with E-state index in [4.69, 9.17) is 5.11 Å². The smallest absolute Gasteiger partial charge is 0.234 e. The summed E-state index contributed by atoms with van der Waals surface area (Å²) in [6, 6.07) is 0. The molecule has 11 heavy (non-hydrogen) atoms. The van der Waals surface area contributed by atoms with E-state index in [9.17, 15) is 0 Å². The fourth-order valence-electron chi connectivity index (χ4n) is 0.834. The largest absolute Gasteiger partial charge is 0.504 e. The van der Waals surface area contributed by atoms with Crippen molar-refractivity contribution < 1.29 is 5.11 Å². The lowest BCUT2D eigenvalue weighted by molar-refractivity contribution is 0.453. The Balaban J connectivity index is 2.86. The van der Waals surface area contributed by atoms with Gasteiger partial charge in [0.2, 0.25) is 5.78 Å². The molecule has 0 unspecified atom stereocenters. The van der Waals surface area contributed by atoms with Gasteiger partial charge in [-0.25, -0.2) is 9.97 Å². The van der Waals surface area contributed by atoms with Crippen LogP contribution in [0.15, 0.2) is 23.6 Å². The molecule has 1 N–H and O–H groups in total. The van der Waals surface area contributed by atoms with Gasteiger partial charge in [-0.2, -0.15) is 0 Å². The molecule has 0 aromatic carbocycles. The Bertz CT molecular complexity index is 362. The molecular weight excluding hydrogens is 162 g/mol. The minimum absolute atomic E-state index is 0.0545. The van der Waals surface area contributed by atoms with Gasteiger partial charge in [-0.05, 0) is 0 Å². The zero-order chi connectivity index (χ0) is 7.84. The van der Waals surface area contributed by atoms with Crippen molar-refractivity contribution in [2.75, 3.05) is 0 Å². The highest BCUT2D eigenvalue weighted by atomic mass is 32.1.